The maximum atomic E-state index is 11.4. The molecule has 1 aliphatic heterocycles. The largest absolute Gasteiger partial charge is 0.350 e. The van der Waals surface area contributed by atoms with Gasteiger partial charge in [0.05, 0.1) is 0 Å². The molecule has 72 valence electrons. The monoisotopic (exact) mass is 197 g/mol. The fourth-order valence-corrected chi connectivity index (χ4v) is 2.45. The summed E-state index contributed by atoms with van der Waals surface area (Å²) >= 11 is 1.98. The predicted octanol–water partition coefficient (Wildman–Crippen LogP) is 1.72. The maximum Gasteiger partial charge on any atom is 0.244 e. The normalized spacial score (nSPS) is 22.6. The summed E-state index contributed by atoms with van der Waals surface area (Å²) in [7, 11) is 0. The number of amides is 1. The van der Waals surface area contributed by atoms with Crippen LogP contribution in [0.2, 0.25) is 0 Å². The fraction of sp³-hybridized carbons (Fsp3) is 0.700. The molecule has 1 saturated heterocycles. The standard InChI is InChI=1S/C10H15NOS/c12-10(11-9-1-2-9)7-8-3-5-13-6-4-8/h7,9H,1-6H2,(H,11,12). The highest BCUT2D eigenvalue weighted by atomic mass is 32.2. The Labute approximate surface area is 83.2 Å². The zero-order valence-corrected chi connectivity index (χ0v) is 8.53. The molecular formula is C10H15NOS. The Bertz CT molecular complexity index is 225. The molecule has 2 aliphatic rings. The van der Waals surface area contributed by atoms with Crippen molar-refractivity contribution in [3.8, 4) is 0 Å². The second-order valence-electron chi connectivity index (χ2n) is 3.70. The lowest BCUT2D eigenvalue weighted by Gasteiger charge is -2.12. The van der Waals surface area contributed by atoms with Crippen molar-refractivity contribution in [1.29, 1.82) is 0 Å². The molecule has 1 heterocycles. The minimum atomic E-state index is 0.129. The molecule has 1 saturated carbocycles. The zero-order valence-electron chi connectivity index (χ0n) is 7.71. The van der Waals surface area contributed by atoms with Gasteiger partial charge in [-0.25, -0.2) is 0 Å². The Morgan fingerprint density at radius 2 is 2.08 bits per heavy atom. The van der Waals surface area contributed by atoms with Crippen LogP contribution in [0.25, 0.3) is 0 Å². The first kappa shape index (κ1) is 9.13. The highest BCUT2D eigenvalue weighted by Crippen LogP contribution is 2.22. The molecule has 2 rings (SSSR count). The van der Waals surface area contributed by atoms with Crippen molar-refractivity contribution >= 4 is 17.7 Å². The highest BCUT2D eigenvalue weighted by molar-refractivity contribution is 7.99. The summed E-state index contributed by atoms with van der Waals surface area (Å²) in [5.74, 6) is 2.50. The molecule has 2 nitrogen and oxygen atoms in total. The SMILES string of the molecule is O=C(C=C1CCSCC1)NC1CC1. The lowest BCUT2D eigenvalue weighted by molar-refractivity contribution is -0.116. The molecule has 0 aromatic heterocycles. The first-order valence-electron chi connectivity index (χ1n) is 4.92. The number of rotatable bonds is 2. The van der Waals surface area contributed by atoms with E-state index in [0.717, 1.165) is 12.8 Å². The van der Waals surface area contributed by atoms with Gasteiger partial charge in [0.1, 0.15) is 0 Å². The third-order valence-electron chi connectivity index (χ3n) is 2.39. The zero-order chi connectivity index (χ0) is 9.10. The van der Waals surface area contributed by atoms with E-state index in [1.54, 1.807) is 0 Å². The molecule has 0 unspecified atom stereocenters. The van der Waals surface area contributed by atoms with Crippen LogP contribution in [0.1, 0.15) is 25.7 Å². The topological polar surface area (TPSA) is 29.1 Å². The van der Waals surface area contributed by atoms with E-state index in [0.29, 0.717) is 6.04 Å². The van der Waals surface area contributed by atoms with Gasteiger partial charge < -0.3 is 5.32 Å². The number of carbonyl (C=O) groups is 1. The molecule has 1 aliphatic carbocycles. The van der Waals surface area contributed by atoms with Gasteiger partial charge in [0.2, 0.25) is 5.91 Å². The molecule has 13 heavy (non-hydrogen) atoms. The first-order valence-corrected chi connectivity index (χ1v) is 6.08. The van der Waals surface area contributed by atoms with Crippen LogP contribution in [-0.2, 0) is 4.79 Å². The third kappa shape index (κ3) is 3.07. The van der Waals surface area contributed by atoms with Gasteiger partial charge in [-0.1, -0.05) is 5.57 Å². The van der Waals surface area contributed by atoms with Crippen LogP contribution in [0.3, 0.4) is 0 Å². The number of allylic oxidation sites excluding steroid dienone is 1. The molecular weight excluding hydrogens is 182 g/mol. The quantitative estimate of drug-likeness (QED) is 0.683. The Balaban J connectivity index is 1.81. The Hall–Kier alpha value is -0.440. The van der Waals surface area contributed by atoms with Gasteiger partial charge in [-0.05, 0) is 37.2 Å². The van der Waals surface area contributed by atoms with E-state index in [-0.39, 0.29) is 5.91 Å². The van der Waals surface area contributed by atoms with Gasteiger partial charge in [0.15, 0.2) is 0 Å². The van der Waals surface area contributed by atoms with E-state index >= 15 is 0 Å². The van der Waals surface area contributed by atoms with E-state index in [1.165, 1.54) is 29.9 Å². The van der Waals surface area contributed by atoms with Crippen molar-refractivity contribution in [2.45, 2.75) is 31.7 Å². The second kappa shape index (κ2) is 4.18. The Morgan fingerprint density at radius 1 is 1.38 bits per heavy atom. The molecule has 0 spiro atoms. The summed E-state index contributed by atoms with van der Waals surface area (Å²) in [5, 5.41) is 2.98. The molecule has 2 fully saturated rings. The summed E-state index contributed by atoms with van der Waals surface area (Å²) in [6.45, 7) is 0. The van der Waals surface area contributed by atoms with Crippen LogP contribution in [0, 0.1) is 0 Å². The van der Waals surface area contributed by atoms with Crippen LogP contribution in [0.15, 0.2) is 11.6 Å². The van der Waals surface area contributed by atoms with E-state index in [4.69, 9.17) is 0 Å². The molecule has 0 radical (unpaired) electrons. The van der Waals surface area contributed by atoms with Gasteiger partial charge in [-0.15, -0.1) is 0 Å². The average molecular weight is 197 g/mol. The predicted molar refractivity (Wildman–Crippen MR) is 55.8 cm³/mol. The minimum absolute atomic E-state index is 0.129. The van der Waals surface area contributed by atoms with Gasteiger partial charge in [0.25, 0.3) is 0 Å². The average Bonchev–Trinajstić information content (AvgIpc) is 2.90. The summed E-state index contributed by atoms with van der Waals surface area (Å²) in [5.41, 5.74) is 1.33. The summed E-state index contributed by atoms with van der Waals surface area (Å²) in [4.78, 5) is 11.4. The highest BCUT2D eigenvalue weighted by Gasteiger charge is 2.22. The second-order valence-corrected chi connectivity index (χ2v) is 4.92. The van der Waals surface area contributed by atoms with Crippen molar-refractivity contribution in [2.24, 2.45) is 0 Å². The molecule has 1 amide bonds. The number of nitrogens with one attached hydrogen (secondary N) is 1. The fourth-order valence-electron chi connectivity index (χ4n) is 1.43. The van der Waals surface area contributed by atoms with E-state index in [1.807, 2.05) is 17.8 Å². The smallest absolute Gasteiger partial charge is 0.244 e. The minimum Gasteiger partial charge on any atom is -0.350 e. The lowest BCUT2D eigenvalue weighted by atomic mass is 10.1. The van der Waals surface area contributed by atoms with Crippen molar-refractivity contribution < 1.29 is 4.79 Å². The van der Waals surface area contributed by atoms with Crippen molar-refractivity contribution in [2.75, 3.05) is 11.5 Å². The Kier molecular flexibility index (Phi) is 2.94. The number of thioether (sulfide) groups is 1. The van der Waals surface area contributed by atoms with Crippen molar-refractivity contribution in [1.82, 2.24) is 5.32 Å². The number of carbonyl (C=O) groups excluding carboxylic acids is 1. The molecule has 0 atom stereocenters. The first-order chi connectivity index (χ1) is 6.34. The van der Waals surface area contributed by atoms with Crippen LogP contribution in [0.4, 0.5) is 0 Å². The summed E-state index contributed by atoms with van der Waals surface area (Å²) in [6.07, 6.45) is 6.36. The van der Waals surface area contributed by atoms with E-state index in [9.17, 15) is 4.79 Å². The van der Waals surface area contributed by atoms with E-state index in [2.05, 4.69) is 5.32 Å². The summed E-state index contributed by atoms with van der Waals surface area (Å²) in [6, 6.07) is 0.488. The number of hydrogen-bond acceptors (Lipinski definition) is 2. The van der Waals surface area contributed by atoms with Gasteiger partial charge in [0, 0.05) is 12.1 Å². The van der Waals surface area contributed by atoms with Gasteiger partial charge >= 0.3 is 0 Å². The maximum absolute atomic E-state index is 11.4. The molecule has 0 bridgehead atoms. The molecule has 0 aromatic carbocycles. The van der Waals surface area contributed by atoms with E-state index < -0.39 is 0 Å². The summed E-state index contributed by atoms with van der Waals surface area (Å²) < 4.78 is 0. The van der Waals surface area contributed by atoms with Gasteiger partial charge in [-0.2, -0.15) is 11.8 Å². The van der Waals surface area contributed by atoms with Crippen LogP contribution >= 0.6 is 11.8 Å². The van der Waals surface area contributed by atoms with Crippen LogP contribution in [-0.4, -0.2) is 23.5 Å². The molecule has 1 N–H and O–H groups in total. The van der Waals surface area contributed by atoms with Crippen molar-refractivity contribution in [3.05, 3.63) is 11.6 Å². The van der Waals surface area contributed by atoms with Crippen LogP contribution < -0.4 is 5.32 Å². The van der Waals surface area contributed by atoms with Crippen LogP contribution in [0.5, 0.6) is 0 Å². The third-order valence-corrected chi connectivity index (χ3v) is 3.38. The molecule has 0 aromatic rings. The number of hydrogen-bond donors (Lipinski definition) is 1. The Morgan fingerprint density at radius 3 is 2.69 bits per heavy atom. The van der Waals surface area contributed by atoms with Crippen molar-refractivity contribution in [3.63, 3.8) is 0 Å². The molecule has 3 heteroatoms. The lowest BCUT2D eigenvalue weighted by Crippen LogP contribution is -2.23. The van der Waals surface area contributed by atoms with Gasteiger partial charge in [-0.3, -0.25) is 4.79 Å².